The van der Waals surface area contributed by atoms with Crippen LogP contribution in [-0.4, -0.2) is 26.1 Å². The third kappa shape index (κ3) is 8.67. The van der Waals surface area contributed by atoms with Gasteiger partial charge in [0.25, 0.3) is 0 Å². The maximum Gasteiger partial charge on any atom is 0.158 e. The second-order valence-corrected chi connectivity index (χ2v) is 6.09. The van der Waals surface area contributed by atoms with Gasteiger partial charge in [0.2, 0.25) is 0 Å². The zero-order chi connectivity index (χ0) is 17.6. The molecule has 1 aliphatic rings. The monoisotopic (exact) mass is 400 g/mol. The van der Waals surface area contributed by atoms with Crippen molar-refractivity contribution in [2.75, 3.05) is 19.8 Å². The molecule has 0 saturated carbocycles. The fourth-order valence-corrected chi connectivity index (χ4v) is 2.49. The van der Waals surface area contributed by atoms with Crippen molar-refractivity contribution >= 4 is 15.9 Å². The Morgan fingerprint density at radius 2 is 1.68 bits per heavy atom. The molecule has 0 aromatic heterocycles. The van der Waals surface area contributed by atoms with Crippen molar-refractivity contribution < 1.29 is 14.2 Å². The highest BCUT2D eigenvalue weighted by Crippen LogP contribution is 2.23. The minimum Gasteiger partial charge on any atom is -0.480 e. The minimum absolute atomic E-state index is 0.0804. The van der Waals surface area contributed by atoms with Gasteiger partial charge in [0.1, 0.15) is 19.0 Å². The van der Waals surface area contributed by atoms with Crippen molar-refractivity contribution in [3.63, 3.8) is 0 Å². The van der Waals surface area contributed by atoms with E-state index in [1.165, 1.54) is 0 Å². The fourth-order valence-electron chi connectivity index (χ4n) is 2.09. The van der Waals surface area contributed by atoms with Crippen LogP contribution in [0, 0.1) is 35.5 Å². The van der Waals surface area contributed by atoms with Crippen LogP contribution in [0.2, 0.25) is 0 Å². The molecule has 1 unspecified atom stereocenters. The van der Waals surface area contributed by atoms with Gasteiger partial charge < -0.3 is 14.2 Å². The van der Waals surface area contributed by atoms with Crippen LogP contribution in [0.1, 0.15) is 32.1 Å². The molecule has 0 aliphatic carbocycles. The summed E-state index contributed by atoms with van der Waals surface area (Å²) in [5, 5.41) is 0. The molecular formula is C21H21BrO3. The zero-order valence-corrected chi connectivity index (χ0v) is 15.7. The summed E-state index contributed by atoms with van der Waals surface area (Å²) in [4.78, 5) is 0. The average molecular weight is 401 g/mol. The van der Waals surface area contributed by atoms with E-state index < -0.39 is 0 Å². The SMILES string of the molecule is Brc1ccccc1OCC#CCC#CCC#CCOC1CCCCO1. The molecule has 1 aliphatic heterocycles. The van der Waals surface area contributed by atoms with Gasteiger partial charge in [-0.15, -0.1) is 0 Å². The molecule has 0 bridgehead atoms. The van der Waals surface area contributed by atoms with Gasteiger partial charge in [-0.2, -0.15) is 0 Å². The van der Waals surface area contributed by atoms with Gasteiger partial charge in [-0.25, -0.2) is 0 Å². The number of halogens is 1. The van der Waals surface area contributed by atoms with E-state index in [0.717, 1.165) is 36.1 Å². The Hall–Kier alpha value is -1.90. The van der Waals surface area contributed by atoms with Crippen LogP contribution in [0.5, 0.6) is 5.75 Å². The predicted octanol–water partition coefficient (Wildman–Crippen LogP) is 4.16. The van der Waals surface area contributed by atoms with Crippen molar-refractivity contribution in [1.82, 2.24) is 0 Å². The maximum atomic E-state index is 5.54. The lowest BCUT2D eigenvalue weighted by atomic mass is 10.2. The molecule has 130 valence electrons. The molecule has 1 aromatic rings. The molecule has 4 heteroatoms. The molecule has 2 rings (SSSR count). The second kappa shape index (κ2) is 12.5. The van der Waals surface area contributed by atoms with Crippen molar-refractivity contribution in [3.8, 4) is 41.3 Å². The zero-order valence-electron chi connectivity index (χ0n) is 14.1. The Morgan fingerprint density at radius 1 is 0.960 bits per heavy atom. The highest BCUT2D eigenvalue weighted by molar-refractivity contribution is 9.10. The normalized spacial score (nSPS) is 15.6. The van der Waals surface area contributed by atoms with E-state index in [9.17, 15) is 0 Å². The van der Waals surface area contributed by atoms with Crippen molar-refractivity contribution in [1.29, 1.82) is 0 Å². The first-order chi connectivity index (χ1) is 12.4. The number of benzene rings is 1. The summed E-state index contributed by atoms with van der Waals surface area (Å²) >= 11 is 3.42. The third-order valence-corrected chi connectivity index (χ3v) is 4.00. The van der Waals surface area contributed by atoms with E-state index in [-0.39, 0.29) is 6.29 Å². The molecule has 1 saturated heterocycles. The van der Waals surface area contributed by atoms with Crippen LogP contribution in [0.4, 0.5) is 0 Å². The Balaban J connectivity index is 1.53. The van der Waals surface area contributed by atoms with Crippen molar-refractivity contribution in [2.45, 2.75) is 38.4 Å². The lowest BCUT2D eigenvalue weighted by Crippen LogP contribution is -2.22. The largest absolute Gasteiger partial charge is 0.480 e. The van der Waals surface area contributed by atoms with E-state index in [0.29, 0.717) is 26.1 Å². The number of rotatable bonds is 4. The standard InChI is InChI=1S/C21H21BrO3/c22-19-13-7-8-14-20(19)23-16-10-5-3-1-2-4-6-11-17-24-21-15-9-12-18-25-21/h7-8,13-14,21H,3-4,9,12,15-18H2. The van der Waals surface area contributed by atoms with Gasteiger partial charge in [0, 0.05) is 6.61 Å². The number of para-hydroxylation sites is 1. The second-order valence-electron chi connectivity index (χ2n) is 5.24. The Bertz CT molecular complexity index is 704. The molecule has 1 heterocycles. The van der Waals surface area contributed by atoms with E-state index in [1.807, 2.05) is 24.3 Å². The van der Waals surface area contributed by atoms with Gasteiger partial charge in [-0.05, 0) is 47.3 Å². The number of hydrogen-bond acceptors (Lipinski definition) is 3. The number of ether oxygens (including phenoxy) is 3. The van der Waals surface area contributed by atoms with Crippen LogP contribution >= 0.6 is 15.9 Å². The topological polar surface area (TPSA) is 27.7 Å². The summed E-state index contributed by atoms with van der Waals surface area (Å²) in [6.45, 7) is 1.54. The summed E-state index contributed by atoms with van der Waals surface area (Å²) < 4.78 is 17.4. The summed E-state index contributed by atoms with van der Waals surface area (Å²) in [5.41, 5.74) is 0. The fraction of sp³-hybridized carbons (Fsp3) is 0.429. The Labute approximate surface area is 158 Å². The molecule has 1 fully saturated rings. The van der Waals surface area contributed by atoms with E-state index >= 15 is 0 Å². The highest BCUT2D eigenvalue weighted by atomic mass is 79.9. The predicted molar refractivity (Wildman–Crippen MR) is 102 cm³/mol. The quantitative estimate of drug-likeness (QED) is 0.710. The Morgan fingerprint density at radius 3 is 2.40 bits per heavy atom. The first kappa shape index (κ1) is 19.4. The lowest BCUT2D eigenvalue weighted by Gasteiger charge is -2.21. The molecule has 0 radical (unpaired) electrons. The van der Waals surface area contributed by atoms with E-state index in [4.69, 9.17) is 14.2 Å². The maximum absolute atomic E-state index is 5.54. The first-order valence-electron chi connectivity index (χ1n) is 8.34. The van der Waals surface area contributed by atoms with Crippen LogP contribution in [0.25, 0.3) is 0 Å². The van der Waals surface area contributed by atoms with Gasteiger partial charge in [0.05, 0.1) is 17.3 Å². The summed E-state index contributed by atoms with van der Waals surface area (Å²) in [6.07, 6.45) is 4.23. The minimum atomic E-state index is -0.0804. The summed E-state index contributed by atoms with van der Waals surface area (Å²) in [7, 11) is 0. The van der Waals surface area contributed by atoms with Gasteiger partial charge in [-0.1, -0.05) is 47.7 Å². The first-order valence-corrected chi connectivity index (χ1v) is 9.13. The third-order valence-electron chi connectivity index (χ3n) is 3.34. The van der Waals surface area contributed by atoms with Gasteiger partial charge in [0.15, 0.2) is 6.29 Å². The van der Waals surface area contributed by atoms with Crippen molar-refractivity contribution in [3.05, 3.63) is 28.7 Å². The molecule has 1 atom stereocenters. The van der Waals surface area contributed by atoms with Crippen LogP contribution in [0.3, 0.4) is 0 Å². The molecule has 0 N–H and O–H groups in total. The van der Waals surface area contributed by atoms with Gasteiger partial charge >= 0.3 is 0 Å². The van der Waals surface area contributed by atoms with Crippen molar-refractivity contribution in [2.24, 2.45) is 0 Å². The van der Waals surface area contributed by atoms with Crippen LogP contribution in [-0.2, 0) is 9.47 Å². The van der Waals surface area contributed by atoms with Crippen LogP contribution in [0.15, 0.2) is 28.7 Å². The van der Waals surface area contributed by atoms with Gasteiger partial charge in [-0.3, -0.25) is 0 Å². The van der Waals surface area contributed by atoms with E-state index in [2.05, 4.69) is 51.5 Å². The Kier molecular flexibility index (Phi) is 9.68. The number of hydrogen-bond donors (Lipinski definition) is 0. The lowest BCUT2D eigenvalue weighted by molar-refractivity contribution is -0.154. The molecule has 25 heavy (non-hydrogen) atoms. The average Bonchev–Trinajstić information content (AvgIpc) is 2.65. The smallest absolute Gasteiger partial charge is 0.158 e. The van der Waals surface area contributed by atoms with Crippen LogP contribution < -0.4 is 4.74 Å². The summed E-state index contributed by atoms with van der Waals surface area (Å²) in [6, 6.07) is 7.70. The molecule has 0 amide bonds. The highest BCUT2D eigenvalue weighted by Gasteiger charge is 2.12. The molecule has 0 spiro atoms. The summed E-state index contributed by atoms with van der Waals surface area (Å²) in [5.74, 6) is 18.6. The van der Waals surface area contributed by atoms with E-state index in [1.54, 1.807) is 0 Å². The molecule has 1 aromatic carbocycles. The molecule has 3 nitrogen and oxygen atoms in total. The molecular weight excluding hydrogens is 380 g/mol.